The van der Waals surface area contributed by atoms with E-state index in [-0.39, 0.29) is 17.8 Å². The molecule has 0 radical (unpaired) electrons. The minimum Gasteiger partial charge on any atom is -0.491 e. The molecule has 0 amide bonds. The monoisotopic (exact) mass is 474 g/mol. The van der Waals surface area contributed by atoms with Crippen molar-refractivity contribution in [1.29, 1.82) is 0 Å². The Morgan fingerprint density at radius 3 is 2.60 bits per heavy atom. The van der Waals surface area contributed by atoms with Crippen molar-refractivity contribution in [3.05, 3.63) is 65.1 Å². The van der Waals surface area contributed by atoms with Gasteiger partial charge in [-0.2, -0.15) is 0 Å². The van der Waals surface area contributed by atoms with Gasteiger partial charge in [-0.05, 0) is 106 Å². The van der Waals surface area contributed by atoms with Crippen LogP contribution in [0.3, 0.4) is 0 Å². The highest BCUT2D eigenvalue weighted by molar-refractivity contribution is 5.83. The van der Waals surface area contributed by atoms with Gasteiger partial charge in [-0.25, -0.2) is 0 Å². The van der Waals surface area contributed by atoms with Crippen molar-refractivity contribution < 1.29 is 14.2 Å². The number of rotatable bonds is 6. The average Bonchev–Trinajstić information content (AvgIpc) is 3.42. The summed E-state index contributed by atoms with van der Waals surface area (Å²) in [6.07, 6.45) is 10.6. The van der Waals surface area contributed by atoms with Crippen molar-refractivity contribution in [2.24, 2.45) is 0 Å². The molecule has 4 heterocycles. The Balaban J connectivity index is 1.16. The molecule has 3 aromatic rings. The van der Waals surface area contributed by atoms with Crippen LogP contribution < -0.4 is 15.0 Å². The lowest BCUT2D eigenvalue weighted by molar-refractivity contribution is 0.00560. The first kappa shape index (κ1) is 22.6. The lowest BCUT2D eigenvalue weighted by Crippen LogP contribution is -2.52. The number of hydrogen-bond donors (Lipinski definition) is 0. The molecule has 6 nitrogen and oxygen atoms in total. The van der Waals surface area contributed by atoms with Gasteiger partial charge in [-0.1, -0.05) is 6.42 Å². The second-order valence-electron chi connectivity index (χ2n) is 10.1. The Morgan fingerprint density at radius 2 is 1.74 bits per heavy atom. The molecule has 3 aliphatic rings. The molecular weight excluding hydrogens is 440 g/mol. The van der Waals surface area contributed by atoms with Gasteiger partial charge in [0.2, 0.25) is 0 Å². The van der Waals surface area contributed by atoms with E-state index in [0.29, 0.717) is 18.0 Å². The molecule has 6 rings (SSSR count). The van der Waals surface area contributed by atoms with Crippen molar-refractivity contribution in [3.8, 4) is 17.2 Å². The predicted octanol–water partition coefficient (Wildman–Crippen LogP) is 4.94. The Hall–Kier alpha value is -2.83. The molecular formula is C29H34N2O4. The number of nitrogens with zero attached hydrogens (tertiary/aromatic N) is 2. The van der Waals surface area contributed by atoms with Crippen LogP contribution in [0.25, 0.3) is 16.5 Å². The van der Waals surface area contributed by atoms with Crippen molar-refractivity contribution >= 4 is 10.8 Å². The molecule has 35 heavy (non-hydrogen) atoms. The zero-order valence-corrected chi connectivity index (χ0v) is 20.2. The van der Waals surface area contributed by atoms with Gasteiger partial charge < -0.3 is 14.2 Å². The quantitative estimate of drug-likeness (QED) is 0.506. The molecule has 0 aliphatic carbocycles. The zero-order chi connectivity index (χ0) is 23.6. The van der Waals surface area contributed by atoms with Crippen molar-refractivity contribution in [1.82, 2.24) is 9.47 Å². The number of aromatic nitrogens is 1. The number of piperidine rings is 2. The second-order valence-corrected chi connectivity index (χ2v) is 10.1. The average molecular weight is 475 g/mol. The highest BCUT2D eigenvalue weighted by Gasteiger charge is 2.34. The topological polar surface area (TPSA) is 52.9 Å². The number of hydrogen-bond acceptors (Lipinski definition) is 5. The van der Waals surface area contributed by atoms with Gasteiger partial charge in [0.25, 0.3) is 5.56 Å². The largest absolute Gasteiger partial charge is 0.491 e. The first-order chi connectivity index (χ1) is 17.2. The normalized spacial score (nSPS) is 24.9. The summed E-state index contributed by atoms with van der Waals surface area (Å²) >= 11 is 0. The van der Waals surface area contributed by atoms with Crippen LogP contribution in [0.15, 0.2) is 59.5 Å². The summed E-state index contributed by atoms with van der Waals surface area (Å²) in [5.41, 5.74) is 0.804. The third kappa shape index (κ3) is 4.82. The lowest BCUT2D eigenvalue weighted by atomic mass is 9.90. The van der Waals surface area contributed by atoms with Crippen LogP contribution in [-0.2, 0) is 4.74 Å². The summed E-state index contributed by atoms with van der Waals surface area (Å²) in [4.78, 5) is 15.8. The molecule has 3 fully saturated rings. The minimum absolute atomic E-state index is 0.0352. The second kappa shape index (κ2) is 10.0. The van der Waals surface area contributed by atoms with E-state index in [0.717, 1.165) is 48.4 Å². The first-order valence-corrected chi connectivity index (χ1v) is 13.2. The molecule has 184 valence electrons. The lowest BCUT2D eigenvalue weighted by Gasteiger charge is -2.43. The van der Waals surface area contributed by atoms with Gasteiger partial charge >= 0.3 is 0 Å². The maximum absolute atomic E-state index is 13.2. The molecule has 6 heteroatoms. The Morgan fingerprint density at radius 1 is 0.886 bits per heavy atom. The Kier molecular flexibility index (Phi) is 6.49. The maximum atomic E-state index is 13.2. The SMILES string of the molecule is O=c1c2ccc(OC[C@H]3CCCO3)cc2ccn1-c1ccc(OC2CCCN3CCCCC23)cc1. The third-order valence-corrected chi connectivity index (χ3v) is 7.76. The predicted molar refractivity (Wildman–Crippen MR) is 137 cm³/mol. The summed E-state index contributed by atoms with van der Waals surface area (Å²) in [7, 11) is 0. The van der Waals surface area contributed by atoms with Crippen LogP contribution in [-0.4, -0.2) is 54.0 Å². The van der Waals surface area contributed by atoms with E-state index >= 15 is 0 Å². The highest BCUT2D eigenvalue weighted by Crippen LogP contribution is 2.30. The van der Waals surface area contributed by atoms with E-state index < -0.39 is 0 Å². The molecule has 0 saturated carbocycles. The number of benzene rings is 2. The van der Waals surface area contributed by atoms with Crippen molar-refractivity contribution in [3.63, 3.8) is 0 Å². The molecule has 2 aromatic carbocycles. The summed E-state index contributed by atoms with van der Waals surface area (Å²) < 4.78 is 19.7. The zero-order valence-electron chi connectivity index (χ0n) is 20.2. The van der Waals surface area contributed by atoms with Crippen molar-refractivity contribution in [2.75, 3.05) is 26.3 Å². The smallest absolute Gasteiger partial charge is 0.262 e. The van der Waals surface area contributed by atoms with Gasteiger partial charge in [0.05, 0.1) is 6.10 Å². The van der Waals surface area contributed by atoms with Gasteiger partial charge in [0.1, 0.15) is 24.2 Å². The Labute approximate surface area is 206 Å². The van der Waals surface area contributed by atoms with E-state index in [2.05, 4.69) is 4.90 Å². The number of pyridine rings is 1. The van der Waals surface area contributed by atoms with Gasteiger partial charge in [-0.15, -0.1) is 0 Å². The summed E-state index contributed by atoms with van der Waals surface area (Å²) in [6.45, 7) is 3.78. The van der Waals surface area contributed by atoms with Crippen LogP contribution in [0, 0.1) is 0 Å². The molecule has 1 aromatic heterocycles. The summed E-state index contributed by atoms with van der Waals surface area (Å²) in [6, 6.07) is 16.1. The third-order valence-electron chi connectivity index (χ3n) is 7.76. The molecule has 0 spiro atoms. The minimum atomic E-state index is -0.0352. The van der Waals surface area contributed by atoms with Crippen LogP contribution >= 0.6 is 0 Å². The fourth-order valence-corrected chi connectivity index (χ4v) is 5.88. The maximum Gasteiger partial charge on any atom is 0.262 e. The molecule has 0 bridgehead atoms. The fraction of sp³-hybridized carbons (Fsp3) is 0.483. The van der Waals surface area contributed by atoms with Crippen LogP contribution in [0.4, 0.5) is 0 Å². The van der Waals surface area contributed by atoms with Crippen LogP contribution in [0.2, 0.25) is 0 Å². The molecule has 0 N–H and O–H groups in total. The molecule has 3 atom stereocenters. The molecule has 3 saturated heterocycles. The summed E-state index contributed by atoms with van der Waals surface area (Å²) in [5.74, 6) is 1.65. The van der Waals surface area contributed by atoms with Gasteiger partial charge in [0, 0.05) is 29.9 Å². The fourth-order valence-electron chi connectivity index (χ4n) is 5.88. The highest BCUT2D eigenvalue weighted by atomic mass is 16.5. The Bertz CT molecular complexity index is 1210. The van der Waals surface area contributed by atoms with Crippen molar-refractivity contribution in [2.45, 2.75) is 63.2 Å². The van der Waals surface area contributed by atoms with E-state index in [9.17, 15) is 4.79 Å². The van der Waals surface area contributed by atoms with E-state index in [4.69, 9.17) is 14.2 Å². The standard InChI is InChI=1S/C29H34N2O4/c32-29-26-13-12-24(34-20-25-5-4-18-33-25)19-21(26)14-17-31(29)22-8-10-23(11-9-22)35-28-7-3-16-30-15-2-1-6-27(28)30/h8-14,17,19,25,27-28H,1-7,15-16,18,20H2/t25-,27?,28?/m1/s1. The van der Waals surface area contributed by atoms with E-state index in [1.165, 1.54) is 38.8 Å². The molecule has 3 aliphatic heterocycles. The van der Waals surface area contributed by atoms with Crippen LogP contribution in [0.1, 0.15) is 44.9 Å². The first-order valence-electron chi connectivity index (χ1n) is 13.2. The van der Waals surface area contributed by atoms with E-state index in [1.54, 1.807) is 4.57 Å². The van der Waals surface area contributed by atoms with Crippen LogP contribution in [0.5, 0.6) is 11.5 Å². The van der Waals surface area contributed by atoms with E-state index in [1.807, 2.05) is 54.7 Å². The number of fused-ring (bicyclic) bond motifs is 2. The van der Waals surface area contributed by atoms with Gasteiger partial charge in [-0.3, -0.25) is 14.3 Å². The summed E-state index contributed by atoms with van der Waals surface area (Å²) in [5, 5.41) is 1.56. The molecule has 2 unspecified atom stereocenters. The number of ether oxygens (including phenoxy) is 3. The van der Waals surface area contributed by atoms with Gasteiger partial charge in [0.15, 0.2) is 0 Å².